The van der Waals surface area contributed by atoms with E-state index in [-0.39, 0.29) is 0 Å². The predicted molar refractivity (Wildman–Crippen MR) is 68.3 cm³/mol. The number of nitrogens with one attached hydrogen (secondary N) is 1. The van der Waals surface area contributed by atoms with Crippen LogP contribution in [0.2, 0.25) is 5.02 Å². The molecule has 0 saturated heterocycles. The standard InChI is InChI=1S/C10H15BrClN3/c1-2-8(3-4-13)15-10-9(12)5-7(11)6-14-10/h5-6,8H,2-4,13H2,1H3,(H,14,15). The summed E-state index contributed by atoms with van der Waals surface area (Å²) in [6.45, 7) is 2.78. The third-order valence-electron chi connectivity index (χ3n) is 2.16. The molecule has 1 aromatic heterocycles. The van der Waals surface area contributed by atoms with Gasteiger partial charge in [0, 0.05) is 16.7 Å². The Morgan fingerprint density at radius 3 is 2.93 bits per heavy atom. The number of anilines is 1. The summed E-state index contributed by atoms with van der Waals surface area (Å²) in [5, 5.41) is 3.91. The molecule has 0 aliphatic carbocycles. The molecule has 1 rings (SSSR count). The highest BCUT2D eigenvalue weighted by atomic mass is 79.9. The fourth-order valence-electron chi connectivity index (χ4n) is 1.29. The van der Waals surface area contributed by atoms with Gasteiger partial charge in [0.05, 0.1) is 5.02 Å². The van der Waals surface area contributed by atoms with E-state index in [1.165, 1.54) is 0 Å². The Bertz CT molecular complexity index is 320. The lowest BCUT2D eigenvalue weighted by Crippen LogP contribution is -2.22. The molecular formula is C10H15BrClN3. The van der Waals surface area contributed by atoms with Crippen molar-refractivity contribution in [2.24, 2.45) is 5.73 Å². The minimum atomic E-state index is 0.334. The van der Waals surface area contributed by atoms with E-state index in [0.717, 1.165) is 23.1 Å². The molecule has 1 heterocycles. The second kappa shape index (κ2) is 6.30. The predicted octanol–water partition coefficient (Wildman–Crippen LogP) is 3.04. The van der Waals surface area contributed by atoms with Crippen LogP contribution in [0.5, 0.6) is 0 Å². The zero-order valence-electron chi connectivity index (χ0n) is 8.63. The molecule has 0 amide bonds. The Balaban J connectivity index is 2.70. The number of hydrogen-bond acceptors (Lipinski definition) is 3. The highest BCUT2D eigenvalue weighted by Crippen LogP contribution is 2.24. The SMILES string of the molecule is CCC(CCN)Nc1ncc(Br)cc1Cl. The lowest BCUT2D eigenvalue weighted by atomic mass is 10.1. The van der Waals surface area contributed by atoms with E-state index >= 15 is 0 Å². The minimum absolute atomic E-state index is 0.334. The van der Waals surface area contributed by atoms with E-state index in [0.29, 0.717) is 17.6 Å². The molecule has 0 radical (unpaired) electrons. The largest absolute Gasteiger partial charge is 0.366 e. The number of pyridine rings is 1. The third-order valence-corrected chi connectivity index (χ3v) is 2.88. The summed E-state index contributed by atoms with van der Waals surface area (Å²) in [6, 6.07) is 2.16. The molecule has 0 spiro atoms. The molecule has 15 heavy (non-hydrogen) atoms. The van der Waals surface area contributed by atoms with Gasteiger partial charge in [0.25, 0.3) is 0 Å². The summed E-state index contributed by atoms with van der Waals surface area (Å²) in [5.41, 5.74) is 5.52. The normalized spacial score (nSPS) is 12.5. The molecule has 1 atom stereocenters. The topological polar surface area (TPSA) is 50.9 Å². The summed E-state index contributed by atoms with van der Waals surface area (Å²) >= 11 is 9.36. The highest BCUT2D eigenvalue weighted by molar-refractivity contribution is 9.10. The van der Waals surface area contributed by atoms with E-state index in [4.69, 9.17) is 17.3 Å². The average Bonchev–Trinajstić information content (AvgIpc) is 2.21. The number of aromatic nitrogens is 1. The maximum Gasteiger partial charge on any atom is 0.145 e. The van der Waals surface area contributed by atoms with Crippen molar-refractivity contribution in [1.29, 1.82) is 0 Å². The van der Waals surface area contributed by atoms with Crippen molar-refractivity contribution in [3.05, 3.63) is 21.8 Å². The van der Waals surface area contributed by atoms with Crippen molar-refractivity contribution in [3.8, 4) is 0 Å². The molecule has 0 aliphatic heterocycles. The summed E-state index contributed by atoms with van der Waals surface area (Å²) in [4.78, 5) is 4.22. The van der Waals surface area contributed by atoms with Crippen molar-refractivity contribution in [1.82, 2.24) is 4.98 Å². The Morgan fingerprint density at radius 1 is 1.67 bits per heavy atom. The fraction of sp³-hybridized carbons (Fsp3) is 0.500. The van der Waals surface area contributed by atoms with Crippen LogP contribution in [0.4, 0.5) is 5.82 Å². The van der Waals surface area contributed by atoms with E-state index < -0.39 is 0 Å². The van der Waals surface area contributed by atoms with Crippen molar-refractivity contribution in [2.75, 3.05) is 11.9 Å². The van der Waals surface area contributed by atoms with E-state index in [9.17, 15) is 0 Å². The van der Waals surface area contributed by atoms with Crippen LogP contribution in [0.3, 0.4) is 0 Å². The van der Waals surface area contributed by atoms with Crippen molar-refractivity contribution >= 4 is 33.3 Å². The summed E-state index contributed by atoms with van der Waals surface area (Å²) < 4.78 is 0.880. The average molecular weight is 293 g/mol. The van der Waals surface area contributed by atoms with Gasteiger partial charge < -0.3 is 11.1 Å². The maximum atomic E-state index is 6.04. The van der Waals surface area contributed by atoms with Gasteiger partial charge in [-0.1, -0.05) is 18.5 Å². The van der Waals surface area contributed by atoms with Gasteiger partial charge in [-0.05, 0) is 41.4 Å². The van der Waals surface area contributed by atoms with Gasteiger partial charge in [0.2, 0.25) is 0 Å². The van der Waals surface area contributed by atoms with Crippen LogP contribution >= 0.6 is 27.5 Å². The molecule has 0 bridgehead atoms. The van der Waals surface area contributed by atoms with Gasteiger partial charge in [-0.15, -0.1) is 0 Å². The van der Waals surface area contributed by atoms with Gasteiger partial charge in [-0.3, -0.25) is 0 Å². The van der Waals surface area contributed by atoms with Gasteiger partial charge in [-0.25, -0.2) is 4.98 Å². The zero-order chi connectivity index (χ0) is 11.3. The van der Waals surface area contributed by atoms with E-state index in [1.54, 1.807) is 6.20 Å². The molecular weight excluding hydrogens is 277 g/mol. The van der Waals surface area contributed by atoms with Crippen LogP contribution in [-0.4, -0.2) is 17.6 Å². The van der Waals surface area contributed by atoms with Crippen molar-refractivity contribution in [3.63, 3.8) is 0 Å². The number of rotatable bonds is 5. The van der Waals surface area contributed by atoms with Gasteiger partial charge in [-0.2, -0.15) is 0 Å². The molecule has 1 unspecified atom stereocenters. The number of hydrogen-bond donors (Lipinski definition) is 2. The first-order valence-corrected chi connectivity index (χ1v) is 6.12. The number of nitrogens with two attached hydrogens (primary N) is 1. The van der Waals surface area contributed by atoms with E-state index in [1.807, 2.05) is 6.07 Å². The molecule has 5 heteroatoms. The minimum Gasteiger partial charge on any atom is -0.366 e. The van der Waals surface area contributed by atoms with Gasteiger partial charge >= 0.3 is 0 Å². The first-order valence-electron chi connectivity index (χ1n) is 4.95. The summed E-state index contributed by atoms with van der Waals surface area (Å²) in [7, 11) is 0. The molecule has 0 saturated carbocycles. The van der Waals surface area contributed by atoms with Crippen LogP contribution in [0, 0.1) is 0 Å². The van der Waals surface area contributed by atoms with Crippen LogP contribution < -0.4 is 11.1 Å². The van der Waals surface area contributed by atoms with Crippen molar-refractivity contribution < 1.29 is 0 Å². The molecule has 84 valence electrons. The number of halogens is 2. The Morgan fingerprint density at radius 2 is 2.40 bits per heavy atom. The summed E-state index contributed by atoms with van der Waals surface area (Å²) in [6.07, 6.45) is 3.65. The molecule has 3 nitrogen and oxygen atoms in total. The zero-order valence-corrected chi connectivity index (χ0v) is 11.0. The highest BCUT2D eigenvalue weighted by Gasteiger charge is 2.08. The monoisotopic (exact) mass is 291 g/mol. The Labute approximate surface area is 104 Å². The number of nitrogens with zero attached hydrogens (tertiary/aromatic N) is 1. The van der Waals surface area contributed by atoms with Gasteiger partial charge in [0.15, 0.2) is 0 Å². The summed E-state index contributed by atoms with van der Waals surface area (Å²) in [5.74, 6) is 0.722. The molecule has 3 N–H and O–H groups in total. The molecule has 0 aromatic carbocycles. The molecule has 0 aliphatic rings. The van der Waals surface area contributed by atoms with Crippen molar-refractivity contribution in [2.45, 2.75) is 25.8 Å². The lowest BCUT2D eigenvalue weighted by molar-refractivity contribution is 0.639. The Hall–Kier alpha value is -0.320. The first-order chi connectivity index (χ1) is 7.17. The first kappa shape index (κ1) is 12.7. The third kappa shape index (κ3) is 3.97. The van der Waals surface area contributed by atoms with E-state index in [2.05, 4.69) is 33.2 Å². The fourth-order valence-corrected chi connectivity index (χ4v) is 1.98. The van der Waals surface area contributed by atoms with Crippen LogP contribution in [0.15, 0.2) is 16.7 Å². The second-order valence-corrected chi connectivity index (χ2v) is 4.63. The van der Waals surface area contributed by atoms with Crippen LogP contribution in [0.1, 0.15) is 19.8 Å². The van der Waals surface area contributed by atoms with Crippen LogP contribution in [-0.2, 0) is 0 Å². The Kier molecular flexibility index (Phi) is 5.36. The van der Waals surface area contributed by atoms with Gasteiger partial charge in [0.1, 0.15) is 5.82 Å². The maximum absolute atomic E-state index is 6.04. The smallest absolute Gasteiger partial charge is 0.145 e. The second-order valence-electron chi connectivity index (χ2n) is 3.31. The van der Waals surface area contributed by atoms with Crippen LogP contribution in [0.25, 0.3) is 0 Å². The lowest BCUT2D eigenvalue weighted by Gasteiger charge is -2.17. The molecule has 0 fully saturated rings. The quantitative estimate of drug-likeness (QED) is 0.877. The molecule has 1 aromatic rings.